The van der Waals surface area contributed by atoms with Crippen LogP contribution in [0.4, 0.5) is 0 Å². The van der Waals surface area contributed by atoms with E-state index in [1.54, 1.807) is 7.11 Å². The van der Waals surface area contributed by atoms with E-state index in [1.165, 1.54) is 18.4 Å². The van der Waals surface area contributed by atoms with Crippen molar-refractivity contribution in [2.45, 2.75) is 38.3 Å². The lowest BCUT2D eigenvalue weighted by atomic mass is 9.96. The van der Waals surface area contributed by atoms with E-state index in [1.807, 2.05) is 6.07 Å². The quantitative estimate of drug-likeness (QED) is 0.821. The van der Waals surface area contributed by atoms with E-state index in [0.29, 0.717) is 0 Å². The maximum Gasteiger partial charge on any atom is 0.119 e. The van der Waals surface area contributed by atoms with Crippen molar-refractivity contribution in [1.82, 2.24) is 4.90 Å². The van der Waals surface area contributed by atoms with Crippen LogP contribution in [0.2, 0.25) is 0 Å². The molecule has 0 heterocycles. The Hall–Kier alpha value is -1.06. The fraction of sp³-hybridized carbons (Fsp3) is 0.625. The molecule has 0 aliphatic heterocycles. The minimum absolute atomic E-state index is 0.163. The summed E-state index contributed by atoms with van der Waals surface area (Å²) in [5.41, 5.74) is 7.62. The number of hydrogen-bond donors (Lipinski definition) is 1. The summed E-state index contributed by atoms with van der Waals surface area (Å²) in [5.74, 6) is 1.78. The zero-order valence-electron chi connectivity index (χ0n) is 12.3. The summed E-state index contributed by atoms with van der Waals surface area (Å²) in [5, 5.41) is 0. The molecule has 1 aliphatic rings. The van der Waals surface area contributed by atoms with E-state index >= 15 is 0 Å². The minimum atomic E-state index is 0.163. The summed E-state index contributed by atoms with van der Waals surface area (Å²) in [6.45, 7) is 3.30. The van der Waals surface area contributed by atoms with E-state index in [4.69, 9.17) is 10.5 Å². The van der Waals surface area contributed by atoms with Crippen LogP contribution in [0.5, 0.6) is 5.75 Å². The SMILES string of the molecule is CCC(N)C(c1cccc(OC)c1)N(C)CC1CC1. The molecule has 0 bridgehead atoms. The van der Waals surface area contributed by atoms with Crippen LogP contribution < -0.4 is 10.5 Å². The van der Waals surface area contributed by atoms with Gasteiger partial charge in [-0.05, 0) is 49.9 Å². The summed E-state index contributed by atoms with van der Waals surface area (Å²) in [6.07, 6.45) is 3.73. The van der Waals surface area contributed by atoms with Crippen LogP contribution in [0.3, 0.4) is 0 Å². The van der Waals surface area contributed by atoms with Gasteiger partial charge in [-0.25, -0.2) is 0 Å². The highest BCUT2D eigenvalue weighted by molar-refractivity contribution is 5.31. The van der Waals surface area contributed by atoms with Crippen molar-refractivity contribution in [3.8, 4) is 5.75 Å². The van der Waals surface area contributed by atoms with Crippen molar-refractivity contribution >= 4 is 0 Å². The van der Waals surface area contributed by atoms with E-state index in [9.17, 15) is 0 Å². The molecule has 1 aliphatic carbocycles. The number of nitrogens with two attached hydrogens (primary N) is 1. The molecule has 3 nitrogen and oxygen atoms in total. The Bertz CT molecular complexity index is 403. The molecule has 3 heteroatoms. The Labute approximate surface area is 116 Å². The van der Waals surface area contributed by atoms with E-state index in [2.05, 4.69) is 37.1 Å². The van der Waals surface area contributed by atoms with Crippen LogP contribution >= 0.6 is 0 Å². The van der Waals surface area contributed by atoms with Crippen molar-refractivity contribution in [2.24, 2.45) is 11.7 Å². The Kier molecular flexibility index (Phi) is 4.83. The standard InChI is InChI=1S/C16H26N2O/c1-4-15(17)16(18(2)11-12-8-9-12)13-6-5-7-14(10-13)19-3/h5-7,10,12,15-16H,4,8-9,11,17H2,1-3H3. The van der Waals surface area contributed by atoms with Crippen molar-refractivity contribution in [1.29, 1.82) is 0 Å². The van der Waals surface area contributed by atoms with Crippen molar-refractivity contribution in [2.75, 3.05) is 20.7 Å². The zero-order valence-corrected chi connectivity index (χ0v) is 12.3. The van der Waals surface area contributed by atoms with Crippen LogP contribution in [0.25, 0.3) is 0 Å². The predicted octanol–water partition coefficient (Wildman–Crippen LogP) is 2.82. The van der Waals surface area contributed by atoms with Gasteiger partial charge in [-0.1, -0.05) is 19.1 Å². The fourth-order valence-corrected chi connectivity index (χ4v) is 2.70. The minimum Gasteiger partial charge on any atom is -0.497 e. The largest absolute Gasteiger partial charge is 0.497 e. The third kappa shape index (κ3) is 3.71. The number of likely N-dealkylation sites (N-methyl/N-ethyl adjacent to an activating group) is 1. The first-order chi connectivity index (χ1) is 9.15. The zero-order chi connectivity index (χ0) is 13.8. The van der Waals surface area contributed by atoms with Gasteiger partial charge in [-0.3, -0.25) is 4.90 Å². The van der Waals surface area contributed by atoms with Gasteiger partial charge < -0.3 is 10.5 Å². The first-order valence-corrected chi connectivity index (χ1v) is 7.25. The van der Waals surface area contributed by atoms with Crippen molar-refractivity contribution in [3.63, 3.8) is 0 Å². The predicted molar refractivity (Wildman–Crippen MR) is 79.4 cm³/mol. The maximum atomic E-state index is 6.36. The molecule has 2 rings (SSSR count). The van der Waals surface area contributed by atoms with Crippen LogP contribution in [-0.2, 0) is 0 Å². The number of benzene rings is 1. The maximum absolute atomic E-state index is 6.36. The number of ether oxygens (including phenoxy) is 1. The Balaban J connectivity index is 2.19. The van der Waals surface area contributed by atoms with Crippen molar-refractivity contribution in [3.05, 3.63) is 29.8 Å². The summed E-state index contributed by atoms with van der Waals surface area (Å²) < 4.78 is 5.33. The molecule has 0 saturated heterocycles. The van der Waals surface area contributed by atoms with Crippen LogP contribution in [-0.4, -0.2) is 31.6 Å². The second-order valence-electron chi connectivity index (χ2n) is 5.68. The molecule has 0 radical (unpaired) electrons. The first-order valence-electron chi connectivity index (χ1n) is 7.25. The highest BCUT2D eigenvalue weighted by atomic mass is 16.5. The lowest BCUT2D eigenvalue weighted by Gasteiger charge is -2.33. The average Bonchev–Trinajstić information content (AvgIpc) is 3.23. The van der Waals surface area contributed by atoms with Crippen LogP contribution in [0.15, 0.2) is 24.3 Å². The second-order valence-corrected chi connectivity index (χ2v) is 5.68. The van der Waals surface area contributed by atoms with E-state index in [-0.39, 0.29) is 12.1 Å². The molecule has 1 saturated carbocycles. The van der Waals surface area contributed by atoms with E-state index < -0.39 is 0 Å². The number of methoxy groups -OCH3 is 1. The Morgan fingerprint density at radius 3 is 2.74 bits per heavy atom. The molecule has 2 N–H and O–H groups in total. The summed E-state index contributed by atoms with van der Waals surface area (Å²) >= 11 is 0. The van der Waals surface area contributed by atoms with Crippen LogP contribution in [0.1, 0.15) is 37.8 Å². The van der Waals surface area contributed by atoms with Gasteiger partial charge >= 0.3 is 0 Å². The molecule has 0 amide bonds. The fourth-order valence-electron chi connectivity index (χ4n) is 2.70. The summed E-state index contributed by atoms with van der Waals surface area (Å²) in [7, 11) is 3.90. The van der Waals surface area contributed by atoms with Crippen molar-refractivity contribution < 1.29 is 4.74 Å². The van der Waals surface area contributed by atoms with Gasteiger partial charge in [0.2, 0.25) is 0 Å². The van der Waals surface area contributed by atoms with Gasteiger partial charge in [0.25, 0.3) is 0 Å². The van der Waals surface area contributed by atoms with Gasteiger partial charge in [0.15, 0.2) is 0 Å². The molecular weight excluding hydrogens is 236 g/mol. The molecule has 1 aromatic carbocycles. The molecule has 1 aromatic rings. The van der Waals surface area contributed by atoms with Gasteiger partial charge in [0, 0.05) is 18.6 Å². The molecule has 2 atom stereocenters. The number of hydrogen-bond acceptors (Lipinski definition) is 3. The van der Waals surface area contributed by atoms with Gasteiger partial charge in [0.1, 0.15) is 5.75 Å². The number of nitrogens with zero attached hydrogens (tertiary/aromatic N) is 1. The Morgan fingerprint density at radius 1 is 1.42 bits per heavy atom. The molecule has 106 valence electrons. The highest BCUT2D eigenvalue weighted by Crippen LogP contribution is 2.34. The third-order valence-corrected chi connectivity index (χ3v) is 4.03. The number of rotatable bonds is 7. The third-order valence-electron chi connectivity index (χ3n) is 4.03. The monoisotopic (exact) mass is 262 g/mol. The lowest BCUT2D eigenvalue weighted by Crippen LogP contribution is -2.39. The first kappa shape index (κ1) is 14.4. The average molecular weight is 262 g/mol. The molecular formula is C16H26N2O. The topological polar surface area (TPSA) is 38.5 Å². The van der Waals surface area contributed by atoms with Gasteiger partial charge in [0.05, 0.1) is 7.11 Å². The smallest absolute Gasteiger partial charge is 0.119 e. The molecule has 0 spiro atoms. The lowest BCUT2D eigenvalue weighted by molar-refractivity contribution is 0.201. The highest BCUT2D eigenvalue weighted by Gasteiger charge is 2.29. The van der Waals surface area contributed by atoms with Gasteiger partial charge in [-0.15, -0.1) is 0 Å². The molecule has 1 fully saturated rings. The molecule has 19 heavy (non-hydrogen) atoms. The van der Waals surface area contributed by atoms with E-state index in [0.717, 1.165) is 24.6 Å². The molecule has 0 aromatic heterocycles. The van der Waals surface area contributed by atoms with Crippen LogP contribution in [0, 0.1) is 5.92 Å². The normalized spacial score (nSPS) is 18.4. The Morgan fingerprint density at radius 2 is 2.16 bits per heavy atom. The second kappa shape index (κ2) is 6.40. The summed E-state index contributed by atoms with van der Waals surface area (Å²) in [4.78, 5) is 2.42. The summed E-state index contributed by atoms with van der Waals surface area (Å²) in [6, 6.07) is 8.75. The molecule has 2 unspecified atom stereocenters. The van der Waals surface area contributed by atoms with Gasteiger partial charge in [-0.2, -0.15) is 0 Å².